The van der Waals surface area contributed by atoms with Gasteiger partial charge in [0.25, 0.3) is 6.43 Å². The summed E-state index contributed by atoms with van der Waals surface area (Å²) >= 11 is 0.701. The molecule has 0 aliphatic carbocycles. The zero-order valence-electron chi connectivity index (χ0n) is 4.21. The van der Waals surface area contributed by atoms with E-state index in [4.69, 9.17) is 5.73 Å². The minimum Gasteiger partial charge on any atom is -0.374 e. The highest BCUT2D eigenvalue weighted by Crippen LogP contribution is 2.22. The van der Waals surface area contributed by atoms with Gasteiger partial charge in [0.2, 0.25) is 5.13 Å². The van der Waals surface area contributed by atoms with Crippen molar-refractivity contribution in [1.82, 2.24) is 10.2 Å². The molecule has 9 heavy (non-hydrogen) atoms. The number of nitrogens with zero attached hydrogens (tertiary/aromatic N) is 2. The van der Waals surface area contributed by atoms with E-state index in [1.54, 1.807) is 0 Å². The molecule has 0 radical (unpaired) electrons. The highest BCUT2D eigenvalue weighted by atomic mass is 32.1. The van der Waals surface area contributed by atoms with E-state index >= 15 is 0 Å². The molecule has 1 rings (SSSR count). The van der Waals surface area contributed by atoms with Crippen molar-refractivity contribution in [2.75, 3.05) is 5.73 Å². The molecule has 0 saturated carbocycles. The second kappa shape index (κ2) is 2.22. The largest absolute Gasteiger partial charge is 0.374 e. The Bertz CT molecular complexity index is 199. The first-order valence-electron chi connectivity index (χ1n) is 2.07. The van der Waals surface area contributed by atoms with Gasteiger partial charge in [-0.15, -0.1) is 10.2 Å². The van der Waals surface area contributed by atoms with Crippen LogP contribution in [0.5, 0.6) is 0 Å². The van der Waals surface area contributed by atoms with Gasteiger partial charge in [-0.2, -0.15) is 0 Å². The molecule has 0 spiro atoms. The van der Waals surface area contributed by atoms with E-state index in [0.29, 0.717) is 11.3 Å². The van der Waals surface area contributed by atoms with E-state index in [1.807, 2.05) is 0 Å². The lowest BCUT2D eigenvalue weighted by atomic mass is 10.8. The van der Waals surface area contributed by atoms with Crippen molar-refractivity contribution < 1.29 is 8.78 Å². The quantitative estimate of drug-likeness (QED) is 0.652. The molecule has 6 heteroatoms. The predicted octanol–water partition coefficient (Wildman–Crippen LogP) is 1.06. The summed E-state index contributed by atoms with van der Waals surface area (Å²) in [6.45, 7) is 0. The average Bonchev–Trinajstić information content (AvgIpc) is 2.14. The standard InChI is InChI=1S/C3H3F2N3S/c4-1(5)2-7-8-3(6)9-2/h1H,(H2,6,8). The van der Waals surface area contributed by atoms with Gasteiger partial charge in [0, 0.05) is 0 Å². The number of rotatable bonds is 1. The van der Waals surface area contributed by atoms with Gasteiger partial charge in [-0.3, -0.25) is 0 Å². The molecule has 3 nitrogen and oxygen atoms in total. The minimum atomic E-state index is -2.56. The Balaban J connectivity index is 2.85. The van der Waals surface area contributed by atoms with Gasteiger partial charge in [0.1, 0.15) is 0 Å². The first-order valence-corrected chi connectivity index (χ1v) is 2.89. The third kappa shape index (κ3) is 1.32. The van der Waals surface area contributed by atoms with Crippen LogP contribution in [-0.2, 0) is 0 Å². The van der Waals surface area contributed by atoms with Crippen molar-refractivity contribution in [3.63, 3.8) is 0 Å². The molecule has 2 N–H and O–H groups in total. The van der Waals surface area contributed by atoms with Crippen LogP contribution in [0.25, 0.3) is 0 Å². The molecule has 0 amide bonds. The molecule has 0 fully saturated rings. The van der Waals surface area contributed by atoms with Crippen molar-refractivity contribution in [2.24, 2.45) is 0 Å². The number of hydrogen-bond donors (Lipinski definition) is 1. The molecule has 0 atom stereocenters. The summed E-state index contributed by atoms with van der Waals surface area (Å²) in [6, 6.07) is 0. The molecule has 1 aromatic heterocycles. The smallest absolute Gasteiger partial charge is 0.291 e. The zero-order chi connectivity index (χ0) is 6.85. The molecule has 0 bridgehead atoms. The number of anilines is 1. The second-order valence-electron chi connectivity index (χ2n) is 1.28. The van der Waals surface area contributed by atoms with Crippen LogP contribution in [-0.4, -0.2) is 10.2 Å². The molecule has 0 saturated heterocycles. The van der Waals surface area contributed by atoms with Crippen LogP contribution in [0.3, 0.4) is 0 Å². The number of hydrogen-bond acceptors (Lipinski definition) is 4. The second-order valence-corrected chi connectivity index (χ2v) is 2.32. The van der Waals surface area contributed by atoms with Gasteiger partial charge in [0.05, 0.1) is 0 Å². The molecular weight excluding hydrogens is 148 g/mol. The fraction of sp³-hybridized carbons (Fsp3) is 0.333. The summed E-state index contributed by atoms with van der Waals surface area (Å²) in [6.07, 6.45) is -2.56. The lowest BCUT2D eigenvalue weighted by molar-refractivity contribution is 0.150. The van der Waals surface area contributed by atoms with Crippen LogP contribution >= 0.6 is 11.3 Å². The Morgan fingerprint density at radius 1 is 1.44 bits per heavy atom. The average molecular weight is 151 g/mol. The van der Waals surface area contributed by atoms with Crippen LogP contribution in [0.4, 0.5) is 13.9 Å². The van der Waals surface area contributed by atoms with Gasteiger partial charge in [0.15, 0.2) is 5.01 Å². The Labute approximate surface area is 53.5 Å². The fourth-order valence-corrected chi connectivity index (χ4v) is 0.801. The van der Waals surface area contributed by atoms with Crippen molar-refractivity contribution in [2.45, 2.75) is 6.43 Å². The molecular formula is C3H3F2N3S. The molecule has 0 aliphatic rings. The lowest BCUT2D eigenvalue weighted by Crippen LogP contribution is -1.81. The van der Waals surface area contributed by atoms with Gasteiger partial charge < -0.3 is 5.73 Å². The maximum absolute atomic E-state index is 11.6. The lowest BCUT2D eigenvalue weighted by Gasteiger charge is -1.84. The van der Waals surface area contributed by atoms with Crippen molar-refractivity contribution in [1.29, 1.82) is 0 Å². The predicted molar refractivity (Wildman–Crippen MR) is 29.3 cm³/mol. The molecule has 0 aromatic carbocycles. The summed E-state index contributed by atoms with van der Waals surface area (Å²) in [5, 5.41) is 6.06. The first-order chi connectivity index (χ1) is 4.20. The van der Waals surface area contributed by atoms with E-state index in [1.165, 1.54) is 0 Å². The number of nitrogen functional groups attached to an aromatic ring is 1. The SMILES string of the molecule is Nc1nnc(C(F)F)s1. The maximum Gasteiger partial charge on any atom is 0.291 e. The van der Waals surface area contributed by atoms with Gasteiger partial charge in [-0.25, -0.2) is 8.78 Å². The maximum atomic E-state index is 11.6. The normalized spacial score (nSPS) is 10.6. The van der Waals surface area contributed by atoms with Crippen LogP contribution < -0.4 is 5.73 Å². The number of halogens is 2. The minimum absolute atomic E-state index is 0.0744. The van der Waals surface area contributed by atoms with Crippen LogP contribution in [0.1, 0.15) is 11.4 Å². The van der Waals surface area contributed by atoms with Gasteiger partial charge >= 0.3 is 0 Å². The van der Waals surface area contributed by atoms with E-state index in [9.17, 15) is 8.78 Å². The third-order valence-corrected chi connectivity index (χ3v) is 1.40. The number of aromatic nitrogens is 2. The number of nitrogens with two attached hydrogens (primary N) is 1. The summed E-state index contributed by atoms with van der Waals surface area (Å²) in [5.41, 5.74) is 5.03. The Kier molecular flexibility index (Phi) is 1.56. The molecule has 1 heterocycles. The highest BCUT2D eigenvalue weighted by molar-refractivity contribution is 7.15. The summed E-state index contributed by atoms with van der Waals surface area (Å²) < 4.78 is 23.3. The molecule has 0 unspecified atom stereocenters. The summed E-state index contributed by atoms with van der Waals surface area (Å²) in [7, 11) is 0. The summed E-state index contributed by atoms with van der Waals surface area (Å²) in [5.74, 6) is 0. The monoisotopic (exact) mass is 151 g/mol. The third-order valence-electron chi connectivity index (χ3n) is 0.643. The van der Waals surface area contributed by atoms with Crippen LogP contribution in [0.15, 0.2) is 0 Å². The Morgan fingerprint density at radius 3 is 2.33 bits per heavy atom. The molecule has 50 valence electrons. The fourth-order valence-electron chi connectivity index (χ4n) is 0.335. The van der Waals surface area contributed by atoms with E-state index in [2.05, 4.69) is 10.2 Å². The van der Waals surface area contributed by atoms with E-state index < -0.39 is 6.43 Å². The van der Waals surface area contributed by atoms with Crippen molar-refractivity contribution >= 4 is 16.5 Å². The number of alkyl halides is 2. The Morgan fingerprint density at radius 2 is 2.11 bits per heavy atom. The Hall–Kier alpha value is -0.780. The van der Waals surface area contributed by atoms with Crippen LogP contribution in [0, 0.1) is 0 Å². The molecule has 0 aliphatic heterocycles. The summed E-state index contributed by atoms with van der Waals surface area (Å²) in [4.78, 5) is 0. The van der Waals surface area contributed by atoms with E-state index in [-0.39, 0.29) is 10.1 Å². The van der Waals surface area contributed by atoms with Gasteiger partial charge in [-0.1, -0.05) is 11.3 Å². The first kappa shape index (κ1) is 6.34. The van der Waals surface area contributed by atoms with Crippen molar-refractivity contribution in [3.05, 3.63) is 5.01 Å². The zero-order valence-corrected chi connectivity index (χ0v) is 5.03. The van der Waals surface area contributed by atoms with Crippen molar-refractivity contribution in [3.8, 4) is 0 Å². The topological polar surface area (TPSA) is 51.8 Å². The van der Waals surface area contributed by atoms with Gasteiger partial charge in [-0.05, 0) is 0 Å². The molecule has 1 aromatic rings. The van der Waals surface area contributed by atoms with E-state index in [0.717, 1.165) is 0 Å². The van der Waals surface area contributed by atoms with Crippen LogP contribution in [0.2, 0.25) is 0 Å². The highest BCUT2D eigenvalue weighted by Gasteiger charge is 2.11.